The van der Waals surface area contributed by atoms with Gasteiger partial charge in [0.2, 0.25) is 0 Å². The molecule has 0 saturated heterocycles. The second-order valence-electron chi connectivity index (χ2n) is 5.90. The maximum absolute atomic E-state index is 13.7. The second-order valence-corrected chi connectivity index (χ2v) is 5.90. The number of methoxy groups -OCH3 is 1. The summed E-state index contributed by atoms with van der Waals surface area (Å²) in [6.07, 6.45) is 1.49. The Bertz CT molecular complexity index is 1010. The van der Waals surface area contributed by atoms with Crippen LogP contribution in [0.4, 0.5) is 15.8 Å². The quantitative estimate of drug-likeness (QED) is 0.639. The smallest absolute Gasteiger partial charge is 0.337 e. The molecule has 0 atom stereocenters. The molecule has 2 N–H and O–H groups in total. The van der Waals surface area contributed by atoms with E-state index in [1.807, 2.05) is 0 Å². The summed E-state index contributed by atoms with van der Waals surface area (Å²) in [5, 5.41) is 5.76. The number of anilines is 2. The van der Waals surface area contributed by atoms with E-state index < -0.39 is 11.9 Å². The molecule has 0 unspecified atom stereocenters. The lowest BCUT2D eigenvalue weighted by atomic mass is 10.2. The summed E-state index contributed by atoms with van der Waals surface area (Å²) in [6, 6.07) is 16.3. The van der Waals surface area contributed by atoms with E-state index in [9.17, 15) is 14.0 Å². The zero-order chi connectivity index (χ0) is 19.9. The van der Waals surface area contributed by atoms with E-state index in [1.165, 1.54) is 19.4 Å². The Balaban J connectivity index is 1.69. The molecule has 0 aliphatic heterocycles. The molecule has 0 radical (unpaired) electrons. The van der Waals surface area contributed by atoms with E-state index >= 15 is 0 Å². The van der Waals surface area contributed by atoms with Crippen molar-refractivity contribution in [3.8, 4) is 0 Å². The van der Waals surface area contributed by atoms with Crippen LogP contribution >= 0.6 is 0 Å². The number of rotatable bonds is 6. The van der Waals surface area contributed by atoms with Gasteiger partial charge < -0.3 is 15.4 Å². The number of carbonyl (C=O) groups excluding carboxylic acids is 2. The summed E-state index contributed by atoms with van der Waals surface area (Å²) in [6.45, 7) is 0.0615. The van der Waals surface area contributed by atoms with Gasteiger partial charge in [-0.1, -0.05) is 24.3 Å². The van der Waals surface area contributed by atoms with E-state index in [0.717, 1.165) is 0 Å². The first-order chi connectivity index (χ1) is 13.6. The van der Waals surface area contributed by atoms with E-state index in [-0.39, 0.29) is 18.1 Å². The molecular formula is C21H18FN3O3. The second kappa shape index (κ2) is 8.77. The van der Waals surface area contributed by atoms with Crippen LogP contribution in [0.15, 0.2) is 66.9 Å². The van der Waals surface area contributed by atoms with Gasteiger partial charge in [0.1, 0.15) is 11.5 Å². The molecule has 28 heavy (non-hydrogen) atoms. The van der Waals surface area contributed by atoms with Crippen molar-refractivity contribution in [3.05, 3.63) is 89.5 Å². The standard InChI is InChI=1S/C21H18FN3O3/c1-28-21(27)14-6-4-7-16(11-14)25-17-9-10-23-19(12-17)20(26)24-13-15-5-2-3-8-18(15)22/h2-12H,13H2,1H3,(H,23,25)(H,24,26). The first kappa shape index (κ1) is 19.0. The number of carbonyl (C=O) groups is 2. The van der Waals surface area contributed by atoms with E-state index in [2.05, 4.69) is 15.6 Å². The monoisotopic (exact) mass is 379 g/mol. The van der Waals surface area contributed by atoms with Gasteiger partial charge in [-0.2, -0.15) is 0 Å². The maximum Gasteiger partial charge on any atom is 0.337 e. The van der Waals surface area contributed by atoms with Crippen LogP contribution in [0.1, 0.15) is 26.4 Å². The Hall–Kier alpha value is -3.74. The summed E-state index contributed by atoms with van der Waals surface area (Å²) < 4.78 is 18.4. The van der Waals surface area contributed by atoms with Crippen LogP contribution in [0.2, 0.25) is 0 Å². The Labute approximate surface area is 161 Å². The number of hydrogen-bond acceptors (Lipinski definition) is 5. The molecule has 0 saturated carbocycles. The molecule has 6 nitrogen and oxygen atoms in total. The van der Waals surface area contributed by atoms with Crippen LogP contribution in [0.5, 0.6) is 0 Å². The lowest BCUT2D eigenvalue weighted by molar-refractivity contribution is 0.0600. The van der Waals surface area contributed by atoms with Crippen molar-refractivity contribution in [1.29, 1.82) is 0 Å². The van der Waals surface area contributed by atoms with Crippen LogP contribution in [0, 0.1) is 5.82 Å². The molecule has 3 aromatic rings. The van der Waals surface area contributed by atoms with Crippen LogP contribution in [-0.2, 0) is 11.3 Å². The molecule has 7 heteroatoms. The molecule has 2 aromatic carbocycles. The van der Waals surface area contributed by atoms with Crippen molar-refractivity contribution >= 4 is 23.3 Å². The van der Waals surface area contributed by atoms with Crippen molar-refractivity contribution < 1.29 is 18.7 Å². The molecule has 1 aromatic heterocycles. The number of hydrogen-bond donors (Lipinski definition) is 2. The van der Waals surface area contributed by atoms with Crippen molar-refractivity contribution in [2.75, 3.05) is 12.4 Å². The van der Waals surface area contributed by atoms with Crippen LogP contribution < -0.4 is 10.6 Å². The van der Waals surface area contributed by atoms with Crippen molar-refractivity contribution in [2.45, 2.75) is 6.54 Å². The van der Waals surface area contributed by atoms with Gasteiger partial charge in [-0.05, 0) is 36.4 Å². The van der Waals surface area contributed by atoms with Crippen molar-refractivity contribution in [3.63, 3.8) is 0 Å². The van der Waals surface area contributed by atoms with Gasteiger partial charge in [0.15, 0.2) is 0 Å². The first-order valence-electron chi connectivity index (χ1n) is 8.50. The van der Waals surface area contributed by atoms with Gasteiger partial charge in [0, 0.05) is 29.7 Å². The zero-order valence-corrected chi connectivity index (χ0v) is 15.1. The lowest BCUT2D eigenvalue weighted by Crippen LogP contribution is -2.24. The molecule has 0 bridgehead atoms. The maximum atomic E-state index is 13.7. The van der Waals surface area contributed by atoms with Crippen LogP contribution in [0.3, 0.4) is 0 Å². The number of ether oxygens (including phenoxy) is 1. The number of aromatic nitrogens is 1. The number of nitrogens with one attached hydrogen (secondary N) is 2. The molecule has 0 fully saturated rings. The fraction of sp³-hybridized carbons (Fsp3) is 0.0952. The third kappa shape index (κ3) is 4.70. The Morgan fingerprint density at radius 3 is 2.61 bits per heavy atom. The van der Waals surface area contributed by atoms with Crippen LogP contribution in [0.25, 0.3) is 0 Å². The number of amides is 1. The third-order valence-electron chi connectivity index (χ3n) is 3.96. The topological polar surface area (TPSA) is 80.3 Å². The highest BCUT2D eigenvalue weighted by Crippen LogP contribution is 2.18. The number of benzene rings is 2. The SMILES string of the molecule is COC(=O)c1cccc(Nc2ccnc(C(=O)NCc3ccccc3F)c2)c1. The number of nitrogens with zero attached hydrogens (tertiary/aromatic N) is 1. The Morgan fingerprint density at radius 1 is 1.04 bits per heavy atom. The van der Waals surface area contributed by atoms with E-state index in [0.29, 0.717) is 22.5 Å². The number of esters is 1. The highest BCUT2D eigenvalue weighted by molar-refractivity contribution is 5.93. The minimum absolute atomic E-state index is 0.0615. The predicted octanol–water partition coefficient (Wildman–Crippen LogP) is 3.68. The van der Waals surface area contributed by atoms with Gasteiger partial charge in [-0.25, -0.2) is 9.18 Å². The number of pyridine rings is 1. The van der Waals surface area contributed by atoms with Gasteiger partial charge >= 0.3 is 5.97 Å². The minimum Gasteiger partial charge on any atom is -0.465 e. The molecule has 142 valence electrons. The van der Waals surface area contributed by atoms with E-state index in [1.54, 1.807) is 54.6 Å². The first-order valence-corrected chi connectivity index (χ1v) is 8.50. The molecule has 0 aliphatic carbocycles. The lowest BCUT2D eigenvalue weighted by Gasteiger charge is -2.10. The molecule has 1 amide bonds. The van der Waals surface area contributed by atoms with Gasteiger partial charge in [0.25, 0.3) is 5.91 Å². The Kier molecular flexibility index (Phi) is 5.96. The van der Waals surface area contributed by atoms with Crippen molar-refractivity contribution in [2.24, 2.45) is 0 Å². The third-order valence-corrected chi connectivity index (χ3v) is 3.96. The van der Waals surface area contributed by atoms with Gasteiger partial charge in [-0.3, -0.25) is 9.78 Å². The number of halogens is 1. The normalized spacial score (nSPS) is 10.2. The van der Waals surface area contributed by atoms with Crippen LogP contribution in [-0.4, -0.2) is 24.0 Å². The summed E-state index contributed by atoms with van der Waals surface area (Å²) in [5.74, 6) is -1.24. The molecule has 3 rings (SSSR count). The summed E-state index contributed by atoms with van der Waals surface area (Å²) in [7, 11) is 1.32. The highest BCUT2D eigenvalue weighted by Gasteiger charge is 2.10. The highest BCUT2D eigenvalue weighted by atomic mass is 19.1. The fourth-order valence-corrected chi connectivity index (χ4v) is 2.55. The minimum atomic E-state index is -0.438. The van der Waals surface area contributed by atoms with Gasteiger partial charge in [-0.15, -0.1) is 0 Å². The van der Waals surface area contributed by atoms with Crippen molar-refractivity contribution in [1.82, 2.24) is 10.3 Å². The Morgan fingerprint density at radius 2 is 1.82 bits per heavy atom. The molecule has 1 heterocycles. The summed E-state index contributed by atoms with van der Waals surface area (Å²) in [5.41, 5.74) is 2.26. The van der Waals surface area contributed by atoms with E-state index in [4.69, 9.17) is 4.74 Å². The largest absolute Gasteiger partial charge is 0.465 e. The fourth-order valence-electron chi connectivity index (χ4n) is 2.55. The average Bonchev–Trinajstić information content (AvgIpc) is 2.72. The zero-order valence-electron chi connectivity index (χ0n) is 15.1. The molecular weight excluding hydrogens is 361 g/mol. The van der Waals surface area contributed by atoms with Gasteiger partial charge in [0.05, 0.1) is 12.7 Å². The summed E-state index contributed by atoms with van der Waals surface area (Å²) in [4.78, 5) is 28.0. The molecule has 0 aliphatic rings. The average molecular weight is 379 g/mol. The predicted molar refractivity (Wildman–Crippen MR) is 103 cm³/mol. The molecule has 0 spiro atoms. The summed E-state index contributed by atoms with van der Waals surface area (Å²) >= 11 is 0.